The van der Waals surface area contributed by atoms with Crippen LogP contribution in [0.5, 0.6) is 0 Å². The summed E-state index contributed by atoms with van der Waals surface area (Å²) in [5, 5.41) is 56.6. The number of unbranched alkanes of at least 4 members (excludes halogenated alkanes) is 18. The summed E-state index contributed by atoms with van der Waals surface area (Å²) < 4.78 is 17.5. The molecule has 0 saturated carbocycles. The van der Waals surface area contributed by atoms with Crippen LogP contribution in [-0.4, -0.2) is 99.6 Å². The number of amides is 1. The molecule has 8 unspecified atom stereocenters. The van der Waals surface area contributed by atoms with Crippen molar-refractivity contribution in [1.29, 1.82) is 0 Å². The zero-order valence-corrected chi connectivity index (χ0v) is 43.1. The minimum Gasteiger partial charge on any atom is -0.454 e. The average Bonchev–Trinajstić information content (AvgIpc) is 3.34. The van der Waals surface area contributed by atoms with Crippen molar-refractivity contribution in [3.63, 3.8) is 0 Å². The predicted molar refractivity (Wildman–Crippen MR) is 282 cm³/mol. The molecule has 11 nitrogen and oxygen atoms in total. The number of hydrogen-bond acceptors (Lipinski definition) is 10. The first kappa shape index (κ1) is 63.6. The Balaban J connectivity index is 2.81. The zero-order chi connectivity index (χ0) is 50.4. The Morgan fingerprint density at radius 3 is 1.72 bits per heavy atom. The van der Waals surface area contributed by atoms with Crippen LogP contribution < -0.4 is 5.32 Å². The van der Waals surface area contributed by atoms with Gasteiger partial charge in [0.15, 0.2) is 12.4 Å². The molecule has 8 atom stereocenters. The minimum atomic E-state index is -1.64. The highest BCUT2D eigenvalue weighted by atomic mass is 16.7. The molecule has 1 saturated heterocycles. The Morgan fingerprint density at radius 1 is 0.594 bits per heavy atom. The van der Waals surface area contributed by atoms with Gasteiger partial charge >= 0.3 is 5.97 Å². The Labute approximate surface area is 418 Å². The quantitative estimate of drug-likeness (QED) is 0.0149. The Hall–Kier alpha value is -3.42. The van der Waals surface area contributed by atoms with E-state index in [0.717, 1.165) is 89.9 Å². The van der Waals surface area contributed by atoms with Gasteiger partial charge in [-0.3, -0.25) is 9.59 Å². The van der Waals surface area contributed by atoms with Crippen molar-refractivity contribution in [2.45, 2.75) is 243 Å². The van der Waals surface area contributed by atoms with Crippen molar-refractivity contribution in [1.82, 2.24) is 5.32 Å². The molecule has 11 heteroatoms. The van der Waals surface area contributed by atoms with E-state index in [4.69, 9.17) is 14.2 Å². The van der Waals surface area contributed by atoms with Crippen molar-refractivity contribution in [3.05, 3.63) is 97.2 Å². The SMILES string of the molecule is CC/C=C/C=C/C=C\C=C/CCCCCC(=O)OC1C(OCC(NC(=O)C(O)CCCCC/C=C\C/C=C\C/C=C\CCCCC)C(O)/C=C/CCCCCCCCCCC)OC(CO)C(O)C1O. The number of carbonyl (C=O) groups excluding carboxylic acids is 2. The number of aliphatic hydroxyl groups excluding tert-OH is 5. The maximum absolute atomic E-state index is 13.3. The summed E-state index contributed by atoms with van der Waals surface area (Å²) in [6, 6.07) is -1.05. The monoisotopic (exact) mass is 968 g/mol. The van der Waals surface area contributed by atoms with Crippen LogP contribution in [-0.2, 0) is 23.8 Å². The summed E-state index contributed by atoms with van der Waals surface area (Å²) >= 11 is 0. The maximum Gasteiger partial charge on any atom is 0.306 e. The maximum atomic E-state index is 13.3. The van der Waals surface area contributed by atoms with Crippen molar-refractivity contribution < 1.29 is 49.3 Å². The molecule has 1 rings (SSSR count). The van der Waals surface area contributed by atoms with Crippen LogP contribution in [0.25, 0.3) is 0 Å². The van der Waals surface area contributed by atoms with Crippen molar-refractivity contribution in [3.8, 4) is 0 Å². The molecule has 0 radical (unpaired) electrons. The fraction of sp³-hybridized carbons (Fsp3) is 0.690. The number of rotatable bonds is 43. The molecule has 1 fully saturated rings. The van der Waals surface area contributed by atoms with E-state index < -0.39 is 67.4 Å². The van der Waals surface area contributed by atoms with Crippen LogP contribution in [0.15, 0.2) is 97.2 Å². The largest absolute Gasteiger partial charge is 0.454 e. The molecule has 1 aliphatic rings. The van der Waals surface area contributed by atoms with Crippen molar-refractivity contribution in [2.75, 3.05) is 13.2 Å². The second kappa shape index (κ2) is 45.7. The summed E-state index contributed by atoms with van der Waals surface area (Å²) in [6.07, 6.45) is 48.9. The molecular formula is C58H97NO10. The van der Waals surface area contributed by atoms with E-state index in [1.54, 1.807) is 6.08 Å². The standard InChI is InChI=1S/C58H97NO10/c1-4-7-10-13-16-19-22-24-25-26-28-30-33-36-39-42-45-51(62)57(66)59-49(50(61)44-41-38-35-32-29-21-18-15-12-9-6-3)48-67-58-56(55(65)54(64)52(47-60)68-58)69-53(63)46-43-40-37-34-31-27-23-20-17-14-11-8-5-2/h8,11,14,16-17,19-20,23-25,27-28,30-31,41,44,49-52,54-56,58,60-62,64-65H,4-7,9-10,12-13,15,18,21-22,26,29,32-40,42-43,45-48H2,1-3H3,(H,59,66)/b11-8+,17-14+,19-16-,23-20-,25-24-,30-28-,31-27-,44-41+. The number of ether oxygens (including phenoxy) is 3. The highest BCUT2D eigenvalue weighted by molar-refractivity contribution is 5.80. The molecule has 0 aromatic heterocycles. The first-order valence-electron chi connectivity index (χ1n) is 27.1. The lowest BCUT2D eigenvalue weighted by molar-refractivity contribution is -0.305. The number of aliphatic hydroxyl groups is 5. The van der Waals surface area contributed by atoms with E-state index in [1.165, 1.54) is 57.8 Å². The number of allylic oxidation sites excluding steroid dienone is 15. The van der Waals surface area contributed by atoms with Crippen LogP contribution in [0, 0.1) is 0 Å². The molecule has 394 valence electrons. The van der Waals surface area contributed by atoms with E-state index in [2.05, 4.69) is 74.7 Å². The summed E-state index contributed by atoms with van der Waals surface area (Å²) in [5.41, 5.74) is 0. The second-order valence-electron chi connectivity index (χ2n) is 18.3. The van der Waals surface area contributed by atoms with Gasteiger partial charge in [-0.05, 0) is 83.5 Å². The van der Waals surface area contributed by atoms with Gasteiger partial charge in [0.1, 0.15) is 24.4 Å². The molecule has 1 amide bonds. The summed E-state index contributed by atoms with van der Waals surface area (Å²) in [5.74, 6) is -1.27. The molecule has 6 N–H and O–H groups in total. The third-order valence-corrected chi connectivity index (χ3v) is 12.1. The van der Waals surface area contributed by atoms with E-state index in [1.807, 2.05) is 42.5 Å². The molecular weight excluding hydrogens is 871 g/mol. The van der Waals surface area contributed by atoms with E-state index in [0.29, 0.717) is 12.8 Å². The van der Waals surface area contributed by atoms with Crippen LogP contribution in [0.3, 0.4) is 0 Å². The van der Waals surface area contributed by atoms with Gasteiger partial charge in [0, 0.05) is 6.42 Å². The number of nitrogens with one attached hydrogen (secondary N) is 1. The minimum absolute atomic E-state index is 0.0695. The Kier molecular flexibility index (Phi) is 42.1. The van der Waals surface area contributed by atoms with Gasteiger partial charge in [0.25, 0.3) is 0 Å². The lowest BCUT2D eigenvalue weighted by Crippen LogP contribution is -2.61. The van der Waals surface area contributed by atoms with Gasteiger partial charge in [0.2, 0.25) is 5.91 Å². The molecule has 1 heterocycles. The summed E-state index contributed by atoms with van der Waals surface area (Å²) in [4.78, 5) is 26.4. The number of carbonyl (C=O) groups is 2. The smallest absolute Gasteiger partial charge is 0.306 e. The van der Waals surface area contributed by atoms with E-state index in [-0.39, 0.29) is 19.4 Å². The highest BCUT2D eigenvalue weighted by Crippen LogP contribution is 2.26. The van der Waals surface area contributed by atoms with Gasteiger partial charge in [-0.1, -0.05) is 201 Å². The van der Waals surface area contributed by atoms with Crippen LogP contribution in [0.1, 0.15) is 194 Å². The third-order valence-electron chi connectivity index (χ3n) is 12.1. The van der Waals surface area contributed by atoms with Gasteiger partial charge in [-0.25, -0.2) is 0 Å². The fourth-order valence-electron chi connectivity index (χ4n) is 7.72. The van der Waals surface area contributed by atoms with Crippen molar-refractivity contribution in [2.24, 2.45) is 0 Å². The number of hydrogen-bond donors (Lipinski definition) is 6. The normalized spacial score (nSPS) is 20.6. The molecule has 0 aliphatic carbocycles. The molecule has 69 heavy (non-hydrogen) atoms. The lowest BCUT2D eigenvalue weighted by Gasteiger charge is -2.41. The van der Waals surface area contributed by atoms with E-state index in [9.17, 15) is 35.1 Å². The topological polar surface area (TPSA) is 175 Å². The van der Waals surface area contributed by atoms with Gasteiger partial charge in [-0.2, -0.15) is 0 Å². The van der Waals surface area contributed by atoms with Crippen LogP contribution in [0.2, 0.25) is 0 Å². The third kappa shape index (κ3) is 34.5. The second-order valence-corrected chi connectivity index (χ2v) is 18.3. The van der Waals surface area contributed by atoms with Gasteiger partial charge in [-0.15, -0.1) is 0 Å². The first-order valence-corrected chi connectivity index (χ1v) is 27.1. The Bertz CT molecular complexity index is 1480. The first-order chi connectivity index (χ1) is 33.7. The predicted octanol–water partition coefficient (Wildman–Crippen LogP) is 11.6. The molecule has 0 aromatic carbocycles. The molecule has 0 spiro atoms. The Morgan fingerprint density at radius 2 is 1.10 bits per heavy atom. The average molecular weight is 968 g/mol. The lowest BCUT2D eigenvalue weighted by atomic mass is 9.99. The summed E-state index contributed by atoms with van der Waals surface area (Å²) in [6.45, 7) is 5.53. The molecule has 0 aromatic rings. The fourth-order valence-corrected chi connectivity index (χ4v) is 7.72. The van der Waals surface area contributed by atoms with Crippen LogP contribution in [0.4, 0.5) is 0 Å². The van der Waals surface area contributed by atoms with Gasteiger partial charge < -0.3 is 45.1 Å². The molecule has 0 bridgehead atoms. The van der Waals surface area contributed by atoms with E-state index >= 15 is 0 Å². The number of esters is 1. The highest BCUT2D eigenvalue weighted by Gasteiger charge is 2.47. The van der Waals surface area contributed by atoms with Crippen molar-refractivity contribution >= 4 is 11.9 Å². The van der Waals surface area contributed by atoms with Crippen LogP contribution >= 0.6 is 0 Å². The molecule has 1 aliphatic heterocycles. The van der Waals surface area contributed by atoms with Gasteiger partial charge in [0.05, 0.1) is 25.4 Å². The zero-order valence-electron chi connectivity index (χ0n) is 43.1. The summed E-state index contributed by atoms with van der Waals surface area (Å²) in [7, 11) is 0.